The molecule has 2 aromatic rings. The molecule has 1 amide bonds. The summed E-state index contributed by atoms with van der Waals surface area (Å²) in [6, 6.07) is 14.9. The van der Waals surface area contributed by atoms with Gasteiger partial charge in [-0.05, 0) is 35.2 Å². The van der Waals surface area contributed by atoms with E-state index in [1.807, 2.05) is 12.1 Å². The van der Waals surface area contributed by atoms with Crippen LogP contribution in [0.3, 0.4) is 0 Å². The van der Waals surface area contributed by atoms with Crippen LogP contribution in [0, 0.1) is 0 Å². The second kappa shape index (κ2) is 6.88. The summed E-state index contributed by atoms with van der Waals surface area (Å²) in [7, 11) is 0. The molecule has 4 heteroatoms. The smallest absolute Gasteiger partial charge is 0.234 e. The zero-order valence-electron chi connectivity index (χ0n) is 13.1. The molecule has 0 aromatic heterocycles. The van der Waals surface area contributed by atoms with Gasteiger partial charge in [0.25, 0.3) is 0 Å². The third-order valence-electron chi connectivity index (χ3n) is 3.22. The summed E-state index contributed by atoms with van der Waals surface area (Å²) in [5.41, 5.74) is 2.02. The molecule has 0 radical (unpaired) electrons. The van der Waals surface area contributed by atoms with E-state index in [9.17, 15) is 9.90 Å². The van der Waals surface area contributed by atoms with E-state index in [1.165, 1.54) is 23.4 Å². The summed E-state index contributed by atoms with van der Waals surface area (Å²) in [6.07, 6.45) is 0. The van der Waals surface area contributed by atoms with Crippen LogP contribution in [0.25, 0.3) is 0 Å². The minimum Gasteiger partial charge on any atom is -0.508 e. The summed E-state index contributed by atoms with van der Waals surface area (Å²) >= 11 is 1.50. The monoisotopic (exact) mass is 315 g/mol. The number of hydrogen-bond acceptors (Lipinski definition) is 3. The fraction of sp³-hybridized carbons (Fsp3) is 0.278. The summed E-state index contributed by atoms with van der Waals surface area (Å²) < 4.78 is 0. The first kappa shape index (κ1) is 16.4. The number of aromatic hydroxyl groups is 1. The van der Waals surface area contributed by atoms with E-state index < -0.39 is 0 Å². The molecule has 0 heterocycles. The topological polar surface area (TPSA) is 49.3 Å². The van der Waals surface area contributed by atoms with Crippen LogP contribution in [0.2, 0.25) is 0 Å². The molecular formula is C18H21NO2S. The maximum absolute atomic E-state index is 11.9. The standard InChI is InChI=1S/C18H21NO2S/c1-18(2,3)13-7-9-16(10-8-13)22-12-17(21)19-14-5-4-6-15(20)11-14/h4-11,20H,12H2,1-3H3,(H,19,21). The van der Waals surface area contributed by atoms with Gasteiger partial charge in [0.15, 0.2) is 0 Å². The fourth-order valence-corrected chi connectivity index (χ4v) is 2.68. The molecule has 0 unspecified atom stereocenters. The first-order valence-electron chi connectivity index (χ1n) is 7.17. The Hall–Kier alpha value is -1.94. The van der Waals surface area contributed by atoms with Crippen molar-refractivity contribution in [2.45, 2.75) is 31.1 Å². The fourth-order valence-electron chi connectivity index (χ4n) is 1.98. The highest BCUT2D eigenvalue weighted by Gasteiger charge is 2.13. The lowest BCUT2D eigenvalue weighted by Crippen LogP contribution is -2.14. The van der Waals surface area contributed by atoms with Crippen molar-refractivity contribution in [2.75, 3.05) is 11.1 Å². The van der Waals surface area contributed by atoms with Crippen LogP contribution >= 0.6 is 11.8 Å². The van der Waals surface area contributed by atoms with Crippen LogP contribution in [0.4, 0.5) is 5.69 Å². The second-order valence-corrected chi connectivity index (χ2v) is 7.21. The SMILES string of the molecule is CC(C)(C)c1ccc(SCC(=O)Nc2cccc(O)c2)cc1. The number of anilines is 1. The van der Waals surface area contributed by atoms with Gasteiger partial charge in [-0.2, -0.15) is 0 Å². The number of nitrogens with one attached hydrogen (secondary N) is 1. The summed E-state index contributed by atoms with van der Waals surface area (Å²) in [5.74, 6) is 0.392. The lowest BCUT2D eigenvalue weighted by Gasteiger charge is -2.19. The Morgan fingerprint density at radius 1 is 1.14 bits per heavy atom. The van der Waals surface area contributed by atoms with Crippen LogP contribution in [0.1, 0.15) is 26.3 Å². The van der Waals surface area contributed by atoms with Gasteiger partial charge in [-0.1, -0.05) is 39.0 Å². The predicted molar refractivity (Wildman–Crippen MR) is 92.6 cm³/mol. The van der Waals surface area contributed by atoms with Crippen LogP contribution in [-0.4, -0.2) is 16.8 Å². The van der Waals surface area contributed by atoms with Gasteiger partial charge in [-0.15, -0.1) is 11.8 Å². The van der Waals surface area contributed by atoms with E-state index in [-0.39, 0.29) is 17.1 Å². The number of thioether (sulfide) groups is 1. The van der Waals surface area contributed by atoms with E-state index in [4.69, 9.17) is 0 Å². The van der Waals surface area contributed by atoms with Crippen molar-refractivity contribution in [3.05, 3.63) is 54.1 Å². The first-order chi connectivity index (χ1) is 10.3. The number of carbonyl (C=O) groups is 1. The van der Waals surface area contributed by atoms with Crippen molar-refractivity contribution in [2.24, 2.45) is 0 Å². The second-order valence-electron chi connectivity index (χ2n) is 6.16. The van der Waals surface area contributed by atoms with Crippen LogP contribution in [0.5, 0.6) is 5.75 Å². The number of rotatable bonds is 4. The largest absolute Gasteiger partial charge is 0.508 e. The van der Waals surface area contributed by atoms with Crippen molar-refractivity contribution < 1.29 is 9.90 Å². The molecule has 0 atom stereocenters. The van der Waals surface area contributed by atoms with Crippen molar-refractivity contribution >= 4 is 23.4 Å². The summed E-state index contributed by atoms with van der Waals surface area (Å²) in [6.45, 7) is 6.54. The molecule has 22 heavy (non-hydrogen) atoms. The molecule has 0 aliphatic carbocycles. The van der Waals surface area contributed by atoms with Gasteiger partial charge in [0.1, 0.15) is 5.75 Å². The molecule has 2 aromatic carbocycles. The summed E-state index contributed by atoms with van der Waals surface area (Å²) in [4.78, 5) is 13.0. The molecule has 0 aliphatic heterocycles. The van der Waals surface area contributed by atoms with Crippen LogP contribution in [-0.2, 0) is 10.2 Å². The maximum Gasteiger partial charge on any atom is 0.234 e. The maximum atomic E-state index is 11.9. The molecule has 0 bridgehead atoms. The molecule has 0 spiro atoms. The third-order valence-corrected chi connectivity index (χ3v) is 4.23. The zero-order valence-corrected chi connectivity index (χ0v) is 13.9. The lowest BCUT2D eigenvalue weighted by molar-refractivity contribution is -0.113. The number of carbonyl (C=O) groups excluding carboxylic acids is 1. The minimum absolute atomic E-state index is 0.0875. The normalized spacial score (nSPS) is 11.2. The molecule has 116 valence electrons. The third kappa shape index (κ3) is 4.81. The van der Waals surface area contributed by atoms with Gasteiger partial charge < -0.3 is 10.4 Å². The predicted octanol–water partition coefficient (Wildman–Crippen LogP) is 4.42. The van der Waals surface area contributed by atoms with Crippen molar-refractivity contribution in [3.8, 4) is 5.75 Å². The first-order valence-corrected chi connectivity index (χ1v) is 8.15. The van der Waals surface area contributed by atoms with Crippen molar-refractivity contribution in [1.29, 1.82) is 0 Å². The lowest BCUT2D eigenvalue weighted by atomic mass is 9.87. The highest BCUT2D eigenvalue weighted by Crippen LogP contribution is 2.25. The van der Waals surface area contributed by atoms with E-state index >= 15 is 0 Å². The quantitative estimate of drug-likeness (QED) is 0.821. The molecule has 2 N–H and O–H groups in total. The van der Waals surface area contributed by atoms with Gasteiger partial charge in [-0.25, -0.2) is 0 Å². The van der Waals surface area contributed by atoms with E-state index in [2.05, 4.69) is 38.2 Å². The number of hydrogen-bond donors (Lipinski definition) is 2. The van der Waals surface area contributed by atoms with E-state index in [1.54, 1.807) is 18.2 Å². The molecule has 0 aliphatic rings. The highest BCUT2D eigenvalue weighted by molar-refractivity contribution is 8.00. The van der Waals surface area contributed by atoms with Gasteiger partial charge >= 0.3 is 0 Å². The average molecular weight is 315 g/mol. The number of benzene rings is 2. The number of phenols is 1. The average Bonchev–Trinajstić information content (AvgIpc) is 2.45. The van der Waals surface area contributed by atoms with Crippen molar-refractivity contribution in [1.82, 2.24) is 0 Å². The zero-order chi connectivity index (χ0) is 16.2. The molecule has 0 saturated heterocycles. The highest BCUT2D eigenvalue weighted by atomic mass is 32.2. The number of amides is 1. The Morgan fingerprint density at radius 2 is 1.82 bits per heavy atom. The summed E-state index contributed by atoms with van der Waals surface area (Å²) in [5, 5.41) is 12.1. The number of phenolic OH excluding ortho intramolecular Hbond substituents is 1. The molecule has 3 nitrogen and oxygen atoms in total. The Kier molecular flexibility index (Phi) is 5.14. The van der Waals surface area contributed by atoms with Crippen molar-refractivity contribution in [3.63, 3.8) is 0 Å². The Morgan fingerprint density at radius 3 is 2.41 bits per heavy atom. The van der Waals surface area contributed by atoms with E-state index in [0.717, 1.165) is 4.90 Å². The minimum atomic E-state index is -0.0875. The van der Waals surface area contributed by atoms with E-state index in [0.29, 0.717) is 11.4 Å². The molecule has 0 saturated carbocycles. The van der Waals surface area contributed by atoms with Gasteiger partial charge in [0.2, 0.25) is 5.91 Å². The van der Waals surface area contributed by atoms with Gasteiger partial charge in [0, 0.05) is 16.6 Å². The van der Waals surface area contributed by atoms with Crippen LogP contribution in [0.15, 0.2) is 53.4 Å². The Labute approximate surface area is 135 Å². The van der Waals surface area contributed by atoms with Crippen LogP contribution < -0.4 is 5.32 Å². The molecule has 0 fully saturated rings. The Balaban J connectivity index is 1.88. The van der Waals surface area contributed by atoms with Gasteiger partial charge in [-0.3, -0.25) is 4.79 Å². The Bertz CT molecular complexity index is 645. The van der Waals surface area contributed by atoms with Gasteiger partial charge in [0.05, 0.1) is 5.75 Å². The molecular weight excluding hydrogens is 294 g/mol. The molecule has 2 rings (SSSR count).